The zero-order valence-corrected chi connectivity index (χ0v) is 11.3. The summed E-state index contributed by atoms with van der Waals surface area (Å²) < 4.78 is 52.4. The molecule has 0 unspecified atom stereocenters. The fraction of sp³-hybridized carbons (Fsp3) is 0. The largest absolute Gasteiger partial charge is 0.319 e. The second kappa shape index (κ2) is 5.62. The molecule has 0 radical (unpaired) electrons. The lowest BCUT2D eigenvalue weighted by Gasteiger charge is -2.07. The molecule has 2 nitrogen and oxygen atoms in total. The molecule has 2 rings (SSSR count). The molecule has 0 saturated carbocycles. The number of carbonyl (C=O) groups excluding carboxylic acids is 1. The molecule has 104 valence electrons. The molecule has 1 amide bonds. The topological polar surface area (TPSA) is 29.1 Å². The van der Waals surface area contributed by atoms with Gasteiger partial charge in [0.25, 0.3) is 5.91 Å². The Hall–Kier alpha value is -1.89. The van der Waals surface area contributed by atoms with Gasteiger partial charge in [-0.05, 0) is 40.2 Å². The first kappa shape index (κ1) is 14.5. The summed E-state index contributed by atoms with van der Waals surface area (Å²) in [7, 11) is 0. The van der Waals surface area contributed by atoms with Crippen LogP contribution in [0.2, 0.25) is 0 Å². The molecule has 0 heterocycles. The first-order valence-corrected chi connectivity index (χ1v) is 6.08. The molecular weight excluding hydrogens is 342 g/mol. The molecule has 0 atom stereocenters. The zero-order valence-electron chi connectivity index (χ0n) is 9.68. The maximum absolute atomic E-state index is 13.5. The fourth-order valence-electron chi connectivity index (χ4n) is 1.45. The van der Waals surface area contributed by atoms with E-state index in [4.69, 9.17) is 0 Å². The minimum absolute atomic E-state index is 0.0965. The average Bonchev–Trinajstić information content (AvgIpc) is 2.39. The van der Waals surface area contributed by atoms with E-state index >= 15 is 0 Å². The molecule has 1 N–H and O–H groups in total. The van der Waals surface area contributed by atoms with Gasteiger partial charge in [-0.3, -0.25) is 4.79 Å². The number of halogens is 5. The Balaban J connectivity index is 2.27. The van der Waals surface area contributed by atoms with E-state index in [1.165, 1.54) is 0 Å². The van der Waals surface area contributed by atoms with Gasteiger partial charge in [0.15, 0.2) is 11.6 Å². The van der Waals surface area contributed by atoms with Gasteiger partial charge in [-0.15, -0.1) is 0 Å². The van der Waals surface area contributed by atoms with Crippen molar-refractivity contribution in [2.24, 2.45) is 0 Å². The molecule has 2 aromatic rings. The van der Waals surface area contributed by atoms with Gasteiger partial charge in [0.2, 0.25) is 0 Å². The van der Waals surface area contributed by atoms with E-state index in [-0.39, 0.29) is 10.0 Å². The first-order valence-electron chi connectivity index (χ1n) is 5.29. The predicted molar refractivity (Wildman–Crippen MR) is 68.4 cm³/mol. The summed E-state index contributed by atoms with van der Waals surface area (Å²) in [6.07, 6.45) is 0. The summed E-state index contributed by atoms with van der Waals surface area (Å²) in [5.41, 5.74) is -0.618. The molecule has 0 aliphatic heterocycles. The molecular formula is C13H6BrF4NO. The number of anilines is 1. The SMILES string of the molecule is O=C(Nc1cc(F)c(Br)cc1F)c1ccc(F)c(F)c1. The van der Waals surface area contributed by atoms with Crippen molar-refractivity contribution in [3.05, 3.63) is 63.6 Å². The van der Waals surface area contributed by atoms with Crippen LogP contribution in [0, 0.1) is 23.3 Å². The van der Waals surface area contributed by atoms with Crippen LogP contribution in [-0.4, -0.2) is 5.91 Å². The Morgan fingerprint density at radius 3 is 2.25 bits per heavy atom. The Morgan fingerprint density at radius 1 is 0.900 bits per heavy atom. The highest BCUT2D eigenvalue weighted by Gasteiger charge is 2.14. The Bertz CT molecular complexity index is 690. The van der Waals surface area contributed by atoms with Gasteiger partial charge in [-0.25, -0.2) is 17.6 Å². The van der Waals surface area contributed by atoms with Crippen molar-refractivity contribution in [1.29, 1.82) is 0 Å². The second-order valence-corrected chi connectivity index (χ2v) is 4.68. The van der Waals surface area contributed by atoms with E-state index in [9.17, 15) is 22.4 Å². The zero-order chi connectivity index (χ0) is 14.9. The second-order valence-electron chi connectivity index (χ2n) is 3.83. The van der Waals surface area contributed by atoms with E-state index in [2.05, 4.69) is 21.2 Å². The normalized spacial score (nSPS) is 10.4. The van der Waals surface area contributed by atoms with E-state index < -0.39 is 34.9 Å². The van der Waals surface area contributed by atoms with Gasteiger partial charge < -0.3 is 5.32 Å². The average molecular weight is 348 g/mol. The third-order valence-corrected chi connectivity index (χ3v) is 3.05. The van der Waals surface area contributed by atoms with Gasteiger partial charge in [0.05, 0.1) is 10.2 Å². The monoisotopic (exact) mass is 347 g/mol. The molecule has 0 aliphatic rings. The van der Waals surface area contributed by atoms with Crippen molar-refractivity contribution >= 4 is 27.5 Å². The lowest BCUT2D eigenvalue weighted by molar-refractivity contribution is 0.102. The molecule has 7 heteroatoms. The first-order chi connectivity index (χ1) is 9.38. The fourth-order valence-corrected chi connectivity index (χ4v) is 1.77. The highest BCUT2D eigenvalue weighted by molar-refractivity contribution is 9.10. The molecule has 0 saturated heterocycles. The number of hydrogen-bond acceptors (Lipinski definition) is 1. The summed E-state index contributed by atoms with van der Waals surface area (Å²) in [5, 5.41) is 2.08. The standard InChI is InChI=1S/C13H6BrF4NO/c14-7-4-11(18)12(5-9(7)16)19-13(20)6-1-2-8(15)10(17)3-6/h1-5H,(H,19,20). The van der Waals surface area contributed by atoms with E-state index in [0.717, 1.165) is 24.3 Å². The van der Waals surface area contributed by atoms with Crippen LogP contribution in [-0.2, 0) is 0 Å². The Morgan fingerprint density at radius 2 is 1.60 bits per heavy atom. The molecule has 2 aromatic carbocycles. The van der Waals surface area contributed by atoms with E-state index in [0.29, 0.717) is 6.07 Å². The highest BCUT2D eigenvalue weighted by Crippen LogP contribution is 2.24. The molecule has 0 aromatic heterocycles. The van der Waals surface area contributed by atoms with Crippen LogP contribution in [0.1, 0.15) is 10.4 Å². The van der Waals surface area contributed by atoms with Crippen molar-refractivity contribution < 1.29 is 22.4 Å². The summed E-state index contributed by atoms with van der Waals surface area (Å²) >= 11 is 2.79. The number of nitrogens with one attached hydrogen (secondary N) is 1. The lowest BCUT2D eigenvalue weighted by Crippen LogP contribution is -2.13. The summed E-state index contributed by atoms with van der Waals surface area (Å²) in [6, 6.07) is 4.08. The third-order valence-electron chi connectivity index (χ3n) is 2.44. The van der Waals surface area contributed by atoms with Crippen molar-refractivity contribution in [1.82, 2.24) is 0 Å². The Kier molecular flexibility index (Phi) is 4.08. The van der Waals surface area contributed by atoms with Crippen LogP contribution < -0.4 is 5.32 Å². The maximum atomic E-state index is 13.5. The smallest absolute Gasteiger partial charge is 0.255 e. The van der Waals surface area contributed by atoms with Gasteiger partial charge in [0, 0.05) is 11.6 Å². The van der Waals surface area contributed by atoms with Gasteiger partial charge in [0.1, 0.15) is 11.6 Å². The van der Waals surface area contributed by atoms with Crippen molar-refractivity contribution in [3.63, 3.8) is 0 Å². The van der Waals surface area contributed by atoms with Crippen LogP contribution >= 0.6 is 15.9 Å². The van der Waals surface area contributed by atoms with Gasteiger partial charge >= 0.3 is 0 Å². The van der Waals surface area contributed by atoms with Crippen LogP contribution in [0.4, 0.5) is 23.2 Å². The minimum atomic E-state index is -1.21. The van der Waals surface area contributed by atoms with E-state index in [1.54, 1.807) is 0 Å². The van der Waals surface area contributed by atoms with Crippen molar-refractivity contribution in [2.75, 3.05) is 5.32 Å². The molecule has 20 heavy (non-hydrogen) atoms. The summed E-state index contributed by atoms with van der Waals surface area (Å²) in [6.45, 7) is 0. The minimum Gasteiger partial charge on any atom is -0.319 e. The number of hydrogen-bond donors (Lipinski definition) is 1. The number of amides is 1. The van der Waals surface area contributed by atoms with Crippen LogP contribution in [0.15, 0.2) is 34.8 Å². The quantitative estimate of drug-likeness (QED) is 0.638. The molecule has 0 spiro atoms. The van der Waals surface area contributed by atoms with Crippen LogP contribution in [0.5, 0.6) is 0 Å². The third kappa shape index (κ3) is 2.98. The van der Waals surface area contributed by atoms with Crippen molar-refractivity contribution in [3.8, 4) is 0 Å². The maximum Gasteiger partial charge on any atom is 0.255 e. The molecule has 0 bridgehead atoms. The van der Waals surface area contributed by atoms with Gasteiger partial charge in [-0.2, -0.15) is 0 Å². The lowest BCUT2D eigenvalue weighted by atomic mass is 10.2. The molecule has 0 aliphatic carbocycles. The highest BCUT2D eigenvalue weighted by atomic mass is 79.9. The summed E-state index contributed by atoms with van der Waals surface area (Å²) in [4.78, 5) is 11.7. The number of rotatable bonds is 2. The predicted octanol–water partition coefficient (Wildman–Crippen LogP) is 4.26. The summed E-state index contributed by atoms with van der Waals surface area (Å²) in [5.74, 6) is -4.84. The number of benzene rings is 2. The van der Waals surface area contributed by atoms with Crippen LogP contribution in [0.3, 0.4) is 0 Å². The van der Waals surface area contributed by atoms with Crippen molar-refractivity contribution in [2.45, 2.75) is 0 Å². The molecule has 0 fully saturated rings. The Labute approximate surface area is 119 Å². The van der Waals surface area contributed by atoms with Crippen LogP contribution in [0.25, 0.3) is 0 Å². The number of carbonyl (C=O) groups is 1. The van der Waals surface area contributed by atoms with E-state index in [1.807, 2.05) is 0 Å². The van der Waals surface area contributed by atoms with Gasteiger partial charge in [-0.1, -0.05) is 0 Å².